The van der Waals surface area contributed by atoms with Crippen LogP contribution in [0.3, 0.4) is 0 Å². The average Bonchev–Trinajstić information content (AvgIpc) is 3.26. The van der Waals surface area contributed by atoms with Gasteiger partial charge in [0.2, 0.25) is 5.91 Å². The molecule has 164 valence electrons. The summed E-state index contributed by atoms with van der Waals surface area (Å²) < 4.78 is 14.2. The Hall–Kier alpha value is -2.60. The third-order valence-corrected chi connectivity index (χ3v) is 6.29. The molecule has 2 atom stereocenters. The van der Waals surface area contributed by atoms with Crippen LogP contribution in [0.5, 0.6) is 0 Å². The fourth-order valence-electron chi connectivity index (χ4n) is 4.18. The largest absolute Gasteiger partial charge is 0.339 e. The first-order chi connectivity index (χ1) is 14.8. The number of alkyl halides is 1. The molecule has 1 saturated heterocycles. The highest BCUT2D eigenvalue weighted by Crippen LogP contribution is 2.35. The maximum atomic E-state index is 14.2. The first kappa shape index (κ1) is 21.6. The quantitative estimate of drug-likeness (QED) is 0.629. The van der Waals surface area contributed by atoms with Crippen LogP contribution in [0.25, 0.3) is 0 Å². The van der Waals surface area contributed by atoms with Crippen molar-refractivity contribution < 1.29 is 14.0 Å². The lowest BCUT2D eigenvalue weighted by molar-refractivity contribution is -0.132. The molecule has 4 aliphatic rings. The minimum absolute atomic E-state index is 0.121. The molecule has 0 saturated carbocycles. The smallest absolute Gasteiger partial charge is 0.270 e. The zero-order chi connectivity index (χ0) is 22.2. The number of halogens is 2. The highest BCUT2D eigenvalue weighted by molar-refractivity contribution is 6.32. The SMILES string of the molecule is C/C=C1\C(/C=C\C2(F)C=C2)N(CCC(=O)NC2=CCC(C)C=C2Cl)C(=O)C2=CCCN21. The van der Waals surface area contributed by atoms with E-state index in [9.17, 15) is 14.0 Å². The number of nitrogens with one attached hydrogen (secondary N) is 1. The minimum Gasteiger partial charge on any atom is -0.339 e. The van der Waals surface area contributed by atoms with E-state index in [1.165, 1.54) is 18.2 Å². The first-order valence-corrected chi connectivity index (χ1v) is 11.1. The predicted molar refractivity (Wildman–Crippen MR) is 119 cm³/mol. The topological polar surface area (TPSA) is 52.7 Å². The van der Waals surface area contributed by atoms with E-state index in [1.54, 1.807) is 11.0 Å². The van der Waals surface area contributed by atoms with Gasteiger partial charge in [0.15, 0.2) is 5.67 Å². The fraction of sp³-hybridized carbons (Fsp3) is 0.417. The minimum atomic E-state index is -1.50. The van der Waals surface area contributed by atoms with Crippen molar-refractivity contribution in [3.05, 3.63) is 70.7 Å². The summed E-state index contributed by atoms with van der Waals surface area (Å²) in [5.74, 6) is -0.00211. The Morgan fingerprint density at radius 1 is 1.39 bits per heavy atom. The van der Waals surface area contributed by atoms with Crippen LogP contribution in [0.1, 0.15) is 33.1 Å². The van der Waals surface area contributed by atoms with E-state index in [-0.39, 0.29) is 24.8 Å². The van der Waals surface area contributed by atoms with Crippen molar-refractivity contribution in [2.45, 2.75) is 44.8 Å². The number of fused-ring (bicyclic) bond motifs is 1. The lowest BCUT2D eigenvalue weighted by atomic mass is 10.0. The molecule has 0 spiro atoms. The van der Waals surface area contributed by atoms with Gasteiger partial charge in [0.25, 0.3) is 5.91 Å². The third kappa shape index (κ3) is 4.54. The van der Waals surface area contributed by atoms with Crippen molar-refractivity contribution in [3.8, 4) is 0 Å². The second kappa shape index (κ2) is 8.50. The van der Waals surface area contributed by atoms with Gasteiger partial charge in [0.1, 0.15) is 5.70 Å². The van der Waals surface area contributed by atoms with Gasteiger partial charge in [-0.3, -0.25) is 9.59 Å². The number of carbonyl (C=O) groups is 2. The van der Waals surface area contributed by atoms with E-state index < -0.39 is 11.7 Å². The molecule has 0 aromatic heterocycles. The van der Waals surface area contributed by atoms with E-state index in [2.05, 4.69) is 12.2 Å². The summed E-state index contributed by atoms with van der Waals surface area (Å²) in [6.45, 7) is 4.93. The van der Waals surface area contributed by atoms with Crippen LogP contribution in [-0.2, 0) is 9.59 Å². The van der Waals surface area contributed by atoms with Crippen molar-refractivity contribution in [2.75, 3.05) is 13.1 Å². The number of hydrogen-bond acceptors (Lipinski definition) is 3. The standard InChI is InChI=1S/C24H27ClFN3O2/c1-3-19-20(8-10-24(26)11-12-24)29(23(31)21-5-4-13-28(19)21)14-9-22(30)27-18-7-6-16(2)15-17(18)25/h3,5,7-8,10-12,15-16,20H,4,6,9,13-14H2,1-2H3,(H,27,30)/b10-8-,19-3+. The molecular formula is C24H27ClFN3O2. The molecule has 2 amide bonds. The highest BCUT2D eigenvalue weighted by Gasteiger charge is 2.41. The van der Waals surface area contributed by atoms with E-state index in [1.807, 2.05) is 36.1 Å². The van der Waals surface area contributed by atoms with Crippen LogP contribution < -0.4 is 5.32 Å². The number of carbonyl (C=O) groups excluding carboxylic acids is 2. The van der Waals surface area contributed by atoms with Gasteiger partial charge < -0.3 is 15.1 Å². The number of hydrogen-bond donors (Lipinski definition) is 1. The molecule has 2 heterocycles. The first-order valence-electron chi connectivity index (χ1n) is 10.7. The van der Waals surface area contributed by atoms with Gasteiger partial charge in [-0.25, -0.2) is 4.39 Å². The molecule has 4 rings (SSSR count). The van der Waals surface area contributed by atoms with Gasteiger partial charge in [-0.2, -0.15) is 0 Å². The fourth-order valence-corrected chi connectivity index (χ4v) is 4.52. The summed E-state index contributed by atoms with van der Waals surface area (Å²) in [7, 11) is 0. The number of amides is 2. The number of rotatable bonds is 6. The molecule has 2 unspecified atom stereocenters. The Kier molecular flexibility index (Phi) is 5.93. The summed E-state index contributed by atoms with van der Waals surface area (Å²) in [6.07, 6.45) is 15.6. The van der Waals surface area contributed by atoms with Crippen molar-refractivity contribution in [3.63, 3.8) is 0 Å². The Bertz CT molecular complexity index is 969. The van der Waals surface area contributed by atoms with E-state index in [4.69, 9.17) is 11.6 Å². The third-order valence-electron chi connectivity index (χ3n) is 5.96. The van der Waals surface area contributed by atoms with Crippen LogP contribution >= 0.6 is 11.6 Å². The zero-order valence-electron chi connectivity index (χ0n) is 17.8. The van der Waals surface area contributed by atoms with Crippen LogP contribution in [0.2, 0.25) is 0 Å². The van der Waals surface area contributed by atoms with Crippen LogP contribution in [0.4, 0.5) is 4.39 Å². The monoisotopic (exact) mass is 443 g/mol. The lowest BCUT2D eigenvalue weighted by Crippen LogP contribution is -2.52. The van der Waals surface area contributed by atoms with Gasteiger partial charge in [0.05, 0.1) is 16.8 Å². The van der Waals surface area contributed by atoms with Gasteiger partial charge >= 0.3 is 0 Å². The molecule has 0 aromatic carbocycles. The molecule has 5 nitrogen and oxygen atoms in total. The summed E-state index contributed by atoms with van der Waals surface area (Å²) in [6, 6.07) is -0.422. The highest BCUT2D eigenvalue weighted by atomic mass is 35.5. The Morgan fingerprint density at radius 2 is 2.16 bits per heavy atom. The van der Waals surface area contributed by atoms with Gasteiger partial charge in [0, 0.05) is 25.2 Å². The normalized spacial score (nSPS) is 27.9. The molecule has 0 bridgehead atoms. The van der Waals surface area contributed by atoms with Gasteiger partial charge in [-0.15, -0.1) is 0 Å². The Labute approximate surface area is 187 Å². The van der Waals surface area contributed by atoms with Crippen LogP contribution in [-0.4, -0.2) is 46.4 Å². The van der Waals surface area contributed by atoms with Gasteiger partial charge in [-0.1, -0.05) is 48.9 Å². The number of piperazine rings is 1. The lowest BCUT2D eigenvalue weighted by Gasteiger charge is -2.42. The number of nitrogens with zero attached hydrogens (tertiary/aromatic N) is 2. The van der Waals surface area contributed by atoms with Crippen molar-refractivity contribution in [2.24, 2.45) is 5.92 Å². The molecular weight excluding hydrogens is 417 g/mol. The zero-order valence-corrected chi connectivity index (χ0v) is 18.5. The molecule has 0 radical (unpaired) electrons. The molecule has 1 N–H and O–H groups in total. The summed E-state index contributed by atoms with van der Waals surface area (Å²) in [4.78, 5) is 29.4. The van der Waals surface area contributed by atoms with Gasteiger partial charge in [-0.05, 0) is 43.9 Å². The maximum absolute atomic E-state index is 14.2. The second-order valence-electron chi connectivity index (χ2n) is 8.35. The Morgan fingerprint density at radius 3 is 2.84 bits per heavy atom. The van der Waals surface area contributed by atoms with E-state index >= 15 is 0 Å². The predicted octanol–water partition coefficient (Wildman–Crippen LogP) is 4.08. The maximum Gasteiger partial charge on any atom is 0.270 e. The summed E-state index contributed by atoms with van der Waals surface area (Å²) >= 11 is 6.25. The van der Waals surface area contributed by atoms with Crippen molar-refractivity contribution in [1.29, 1.82) is 0 Å². The number of allylic oxidation sites excluding steroid dienone is 7. The Balaban J connectivity index is 1.48. The van der Waals surface area contributed by atoms with Crippen LogP contribution in [0.15, 0.2) is 70.7 Å². The summed E-state index contributed by atoms with van der Waals surface area (Å²) in [5, 5.41) is 3.39. The molecule has 2 aliphatic heterocycles. The second-order valence-corrected chi connectivity index (χ2v) is 8.76. The van der Waals surface area contributed by atoms with Crippen LogP contribution in [0, 0.1) is 5.92 Å². The van der Waals surface area contributed by atoms with E-state index in [0.29, 0.717) is 22.3 Å². The van der Waals surface area contributed by atoms with E-state index in [0.717, 1.165) is 25.1 Å². The molecule has 31 heavy (non-hydrogen) atoms. The molecule has 2 aliphatic carbocycles. The van der Waals surface area contributed by atoms with Crippen molar-refractivity contribution in [1.82, 2.24) is 15.1 Å². The molecule has 1 fully saturated rings. The summed E-state index contributed by atoms with van der Waals surface area (Å²) in [5.41, 5.74) is 0.677. The molecule has 0 aromatic rings. The molecule has 7 heteroatoms. The average molecular weight is 444 g/mol. The van der Waals surface area contributed by atoms with Crippen molar-refractivity contribution >= 4 is 23.4 Å².